The molecule has 4 aromatic rings. The molecule has 0 unspecified atom stereocenters. The van der Waals surface area contributed by atoms with Crippen LogP contribution in [0.2, 0.25) is 0 Å². The van der Waals surface area contributed by atoms with E-state index < -0.39 is 11.7 Å². The molecule has 0 radical (unpaired) electrons. The molecule has 0 saturated heterocycles. The minimum absolute atomic E-state index is 0.377. The molecule has 5 nitrogen and oxygen atoms in total. The third-order valence-corrected chi connectivity index (χ3v) is 4.52. The number of anilines is 1. The standard InChI is InChI=1S/C20H17N3O2/c1-11-7-14-12(2)9-21-18(14)8-17(11)23-20(25)19(24)15-10-22-16-6-4-3-5-13(15)16/h3-10,21-22H,1-2H3,(H,23,25). The third kappa shape index (κ3) is 2.50. The molecule has 0 saturated carbocycles. The number of para-hydroxylation sites is 1. The molecule has 0 bridgehead atoms. The van der Waals surface area contributed by atoms with E-state index in [4.69, 9.17) is 0 Å². The van der Waals surface area contributed by atoms with Crippen molar-refractivity contribution < 1.29 is 9.59 Å². The summed E-state index contributed by atoms with van der Waals surface area (Å²) in [6.07, 6.45) is 3.50. The molecule has 3 N–H and O–H groups in total. The molecule has 5 heteroatoms. The maximum absolute atomic E-state index is 12.6. The van der Waals surface area contributed by atoms with E-state index >= 15 is 0 Å². The van der Waals surface area contributed by atoms with Crippen LogP contribution in [0, 0.1) is 13.8 Å². The Balaban J connectivity index is 1.65. The number of carbonyl (C=O) groups is 2. The number of benzene rings is 2. The van der Waals surface area contributed by atoms with Gasteiger partial charge >= 0.3 is 0 Å². The first-order chi connectivity index (χ1) is 12.0. The normalized spacial score (nSPS) is 11.1. The van der Waals surface area contributed by atoms with Crippen LogP contribution < -0.4 is 5.32 Å². The summed E-state index contributed by atoms with van der Waals surface area (Å²) in [5.74, 6) is -1.20. The van der Waals surface area contributed by atoms with E-state index in [-0.39, 0.29) is 0 Å². The molecule has 2 aromatic heterocycles. The predicted octanol–water partition coefficient (Wildman–Crippen LogP) is 4.09. The molecule has 1 amide bonds. The Kier molecular flexibility index (Phi) is 3.42. The molecular formula is C20H17N3O2. The lowest BCUT2D eigenvalue weighted by atomic mass is 10.1. The van der Waals surface area contributed by atoms with Crippen LogP contribution in [-0.2, 0) is 4.79 Å². The van der Waals surface area contributed by atoms with Gasteiger partial charge in [-0.1, -0.05) is 18.2 Å². The summed E-state index contributed by atoms with van der Waals surface area (Å²) >= 11 is 0. The summed E-state index contributed by atoms with van der Waals surface area (Å²) in [5.41, 5.74) is 4.83. The zero-order valence-electron chi connectivity index (χ0n) is 13.9. The van der Waals surface area contributed by atoms with E-state index in [1.165, 1.54) is 0 Å². The molecule has 124 valence electrons. The number of fused-ring (bicyclic) bond motifs is 2. The van der Waals surface area contributed by atoms with Gasteiger partial charge in [0.25, 0.3) is 11.7 Å². The van der Waals surface area contributed by atoms with Gasteiger partial charge in [-0.15, -0.1) is 0 Å². The zero-order valence-corrected chi connectivity index (χ0v) is 13.9. The summed E-state index contributed by atoms with van der Waals surface area (Å²) in [7, 11) is 0. The first kappa shape index (κ1) is 15.2. The van der Waals surface area contributed by atoms with E-state index in [1.807, 2.05) is 56.4 Å². The first-order valence-corrected chi connectivity index (χ1v) is 8.04. The highest BCUT2D eigenvalue weighted by Gasteiger charge is 2.20. The van der Waals surface area contributed by atoms with Crippen LogP contribution in [0.3, 0.4) is 0 Å². The Morgan fingerprint density at radius 3 is 2.48 bits per heavy atom. The molecule has 0 fully saturated rings. The average molecular weight is 331 g/mol. The van der Waals surface area contributed by atoms with Crippen LogP contribution in [0.4, 0.5) is 5.69 Å². The van der Waals surface area contributed by atoms with E-state index in [1.54, 1.807) is 6.20 Å². The van der Waals surface area contributed by atoms with Crippen molar-refractivity contribution in [1.82, 2.24) is 9.97 Å². The van der Waals surface area contributed by atoms with Crippen molar-refractivity contribution in [2.45, 2.75) is 13.8 Å². The van der Waals surface area contributed by atoms with Gasteiger partial charge in [0.2, 0.25) is 0 Å². The van der Waals surface area contributed by atoms with Crippen molar-refractivity contribution in [3.8, 4) is 0 Å². The lowest BCUT2D eigenvalue weighted by Gasteiger charge is -2.08. The Hall–Kier alpha value is -3.34. The van der Waals surface area contributed by atoms with Crippen LogP contribution in [0.15, 0.2) is 48.8 Å². The summed E-state index contributed by atoms with van der Waals surface area (Å²) in [6.45, 7) is 3.94. The van der Waals surface area contributed by atoms with Gasteiger partial charge in [-0.2, -0.15) is 0 Å². The molecule has 0 aliphatic carbocycles. The van der Waals surface area contributed by atoms with E-state index in [2.05, 4.69) is 15.3 Å². The number of carbonyl (C=O) groups excluding carboxylic acids is 2. The maximum atomic E-state index is 12.6. The Labute approximate surface area is 144 Å². The molecule has 0 aliphatic heterocycles. The number of H-pyrrole nitrogens is 2. The average Bonchev–Trinajstić information content (AvgIpc) is 3.19. The highest BCUT2D eigenvalue weighted by molar-refractivity contribution is 6.48. The Bertz CT molecular complexity index is 1130. The van der Waals surface area contributed by atoms with Crippen molar-refractivity contribution in [1.29, 1.82) is 0 Å². The minimum Gasteiger partial charge on any atom is -0.361 e. The van der Waals surface area contributed by atoms with Gasteiger partial charge in [0.15, 0.2) is 0 Å². The van der Waals surface area contributed by atoms with Gasteiger partial charge in [0, 0.05) is 39.9 Å². The number of aromatic nitrogens is 2. The molecular weight excluding hydrogens is 314 g/mol. The molecule has 0 aliphatic rings. The topological polar surface area (TPSA) is 77.8 Å². The van der Waals surface area contributed by atoms with Crippen molar-refractivity contribution in [2.75, 3.05) is 5.32 Å². The highest BCUT2D eigenvalue weighted by Crippen LogP contribution is 2.26. The predicted molar refractivity (Wildman–Crippen MR) is 99.0 cm³/mol. The number of Topliss-reactive ketones (excluding diaryl/α,β-unsaturated/α-hetero) is 1. The number of ketones is 1. The van der Waals surface area contributed by atoms with Crippen LogP contribution >= 0.6 is 0 Å². The second-order valence-electron chi connectivity index (χ2n) is 6.22. The summed E-state index contributed by atoms with van der Waals surface area (Å²) in [4.78, 5) is 31.2. The van der Waals surface area contributed by atoms with Gasteiger partial charge in [-0.05, 0) is 43.2 Å². The first-order valence-electron chi connectivity index (χ1n) is 8.04. The zero-order chi connectivity index (χ0) is 17.6. The van der Waals surface area contributed by atoms with Crippen molar-refractivity contribution >= 4 is 39.2 Å². The highest BCUT2D eigenvalue weighted by atomic mass is 16.2. The van der Waals surface area contributed by atoms with Crippen LogP contribution in [0.25, 0.3) is 21.8 Å². The fraction of sp³-hybridized carbons (Fsp3) is 0.100. The van der Waals surface area contributed by atoms with Crippen molar-refractivity contribution in [2.24, 2.45) is 0 Å². The fourth-order valence-electron chi connectivity index (χ4n) is 3.11. The van der Waals surface area contributed by atoms with Crippen LogP contribution in [0.5, 0.6) is 0 Å². The van der Waals surface area contributed by atoms with E-state index in [9.17, 15) is 9.59 Å². The maximum Gasteiger partial charge on any atom is 0.296 e. The molecule has 4 rings (SSSR count). The molecule has 2 heterocycles. The van der Waals surface area contributed by atoms with Gasteiger partial charge < -0.3 is 15.3 Å². The smallest absolute Gasteiger partial charge is 0.296 e. The number of aryl methyl sites for hydroxylation is 2. The second-order valence-corrected chi connectivity index (χ2v) is 6.22. The van der Waals surface area contributed by atoms with E-state index in [0.29, 0.717) is 11.3 Å². The molecule has 2 aromatic carbocycles. The number of hydrogen-bond acceptors (Lipinski definition) is 2. The monoisotopic (exact) mass is 331 g/mol. The molecule has 25 heavy (non-hydrogen) atoms. The largest absolute Gasteiger partial charge is 0.361 e. The number of aromatic amines is 2. The van der Waals surface area contributed by atoms with E-state index in [0.717, 1.165) is 32.9 Å². The van der Waals surface area contributed by atoms with Crippen LogP contribution in [0.1, 0.15) is 21.5 Å². The number of nitrogens with one attached hydrogen (secondary N) is 3. The van der Waals surface area contributed by atoms with Crippen molar-refractivity contribution in [3.05, 3.63) is 65.5 Å². The lowest BCUT2D eigenvalue weighted by Crippen LogP contribution is -2.23. The summed E-state index contributed by atoms with van der Waals surface area (Å²) in [6, 6.07) is 11.3. The second kappa shape index (κ2) is 5.63. The Morgan fingerprint density at radius 2 is 1.64 bits per heavy atom. The molecule has 0 spiro atoms. The van der Waals surface area contributed by atoms with Gasteiger partial charge in [0.1, 0.15) is 0 Å². The lowest BCUT2D eigenvalue weighted by molar-refractivity contribution is -0.112. The summed E-state index contributed by atoms with van der Waals surface area (Å²) in [5, 5.41) is 4.60. The van der Waals surface area contributed by atoms with Crippen LogP contribution in [-0.4, -0.2) is 21.7 Å². The number of hydrogen-bond donors (Lipinski definition) is 3. The quantitative estimate of drug-likeness (QED) is 0.390. The minimum atomic E-state index is -0.643. The fourth-order valence-corrected chi connectivity index (χ4v) is 3.11. The summed E-state index contributed by atoms with van der Waals surface area (Å²) < 4.78 is 0. The molecule has 0 atom stereocenters. The number of amides is 1. The SMILES string of the molecule is Cc1cc2c(C)c[nH]c2cc1NC(=O)C(=O)c1c[nH]c2ccccc12. The third-order valence-electron chi connectivity index (χ3n) is 4.52. The van der Waals surface area contributed by atoms with Gasteiger partial charge in [0.05, 0.1) is 5.56 Å². The Morgan fingerprint density at radius 1 is 0.880 bits per heavy atom. The van der Waals surface area contributed by atoms with Crippen molar-refractivity contribution in [3.63, 3.8) is 0 Å². The van der Waals surface area contributed by atoms with Gasteiger partial charge in [-0.25, -0.2) is 0 Å². The van der Waals surface area contributed by atoms with Gasteiger partial charge in [-0.3, -0.25) is 9.59 Å². The number of rotatable bonds is 3.